The molecule has 0 aromatic heterocycles. The minimum atomic E-state index is -0.349. The molecule has 0 bridgehead atoms. The Morgan fingerprint density at radius 2 is 1.84 bits per heavy atom. The Kier molecular flexibility index (Phi) is 5.22. The fourth-order valence-corrected chi connectivity index (χ4v) is 3.14. The molecule has 1 N–H and O–H groups in total. The van der Waals surface area contributed by atoms with Gasteiger partial charge in [0.25, 0.3) is 5.91 Å². The van der Waals surface area contributed by atoms with Gasteiger partial charge in [-0.1, -0.05) is 6.07 Å². The van der Waals surface area contributed by atoms with E-state index < -0.39 is 0 Å². The summed E-state index contributed by atoms with van der Waals surface area (Å²) in [5, 5.41) is 2.89. The van der Waals surface area contributed by atoms with Crippen molar-refractivity contribution in [2.45, 2.75) is 19.3 Å². The van der Waals surface area contributed by atoms with Crippen LogP contribution in [0.1, 0.15) is 29.6 Å². The van der Waals surface area contributed by atoms with Crippen LogP contribution in [0.4, 0.5) is 21.5 Å². The SMILES string of the molecule is CN(C)c1cccc(C(=O)Nc2cc(F)ccc2N2CCCCC2)c1. The Balaban J connectivity index is 1.85. The van der Waals surface area contributed by atoms with Crippen molar-refractivity contribution >= 4 is 23.0 Å². The molecule has 1 aliphatic rings. The molecular weight excluding hydrogens is 317 g/mol. The molecule has 0 unspecified atom stereocenters. The maximum absolute atomic E-state index is 13.8. The van der Waals surface area contributed by atoms with Gasteiger partial charge in [-0.15, -0.1) is 0 Å². The first-order valence-corrected chi connectivity index (χ1v) is 8.68. The van der Waals surface area contributed by atoms with E-state index in [4.69, 9.17) is 0 Å². The standard InChI is InChI=1S/C20H24FN3O/c1-23(2)17-8-6-7-15(13-17)20(25)22-18-14-16(21)9-10-19(18)24-11-4-3-5-12-24/h6-10,13-14H,3-5,11-12H2,1-2H3,(H,22,25). The highest BCUT2D eigenvalue weighted by Crippen LogP contribution is 2.30. The molecule has 0 atom stereocenters. The number of nitrogens with one attached hydrogen (secondary N) is 1. The molecule has 1 fully saturated rings. The van der Waals surface area contributed by atoms with E-state index in [1.165, 1.54) is 18.6 Å². The van der Waals surface area contributed by atoms with Gasteiger partial charge in [-0.25, -0.2) is 4.39 Å². The number of hydrogen-bond donors (Lipinski definition) is 1. The minimum absolute atomic E-state index is 0.229. The molecule has 0 aliphatic carbocycles. The smallest absolute Gasteiger partial charge is 0.255 e. The highest BCUT2D eigenvalue weighted by atomic mass is 19.1. The quantitative estimate of drug-likeness (QED) is 0.908. The first-order chi connectivity index (χ1) is 12.0. The Hall–Kier alpha value is -2.56. The minimum Gasteiger partial charge on any atom is -0.378 e. The number of halogens is 1. The Labute approximate surface area is 148 Å². The highest BCUT2D eigenvalue weighted by molar-refractivity contribution is 6.06. The molecule has 2 aromatic rings. The second-order valence-electron chi connectivity index (χ2n) is 6.61. The topological polar surface area (TPSA) is 35.6 Å². The van der Waals surface area contributed by atoms with Crippen molar-refractivity contribution < 1.29 is 9.18 Å². The van der Waals surface area contributed by atoms with Crippen LogP contribution in [0.2, 0.25) is 0 Å². The first-order valence-electron chi connectivity index (χ1n) is 8.68. The van der Waals surface area contributed by atoms with Gasteiger partial charge < -0.3 is 15.1 Å². The third kappa shape index (κ3) is 4.10. The number of amides is 1. The number of rotatable bonds is 4. The van der Waals surface area contributed by atoms with Crippen LogP contribution in [-0.2, 0) is 0 Å². The summed E-state index contributed by atoms with van der Waals surface area (Å²) < 4.78 is 13.8. The predicted molar refractivity (Wildman–Crippen MR) is 101 cm³/mol. The fourth-order valence-electron chi connectivity index (χ4n) is 3.14. The van der Waals surface area contributed by atoms with E-state index in [-0.39, 0.29) is 11.7 Å². The number of benzene rings is 2. The van der Waals surface area contributed by atoms with E-state index in [1.807, 2.05) is 37.2 Å². The average molecular weight is 341 g/mol. The van der Waals surface area contributed by atoms with Crippen LogP contribution in [0.5, 0.6) is 0 Å². The van der Waals surface area contributed by atoms with Gasteiger partial charge in [0.15, 0.2) is 0 Å². The summed E-state index contributed by atoms with van der Waals surface area (Å²) in [6, 6.07) is 12.0. The van der Waals surface area contributed by atoms with E-state index in [2.05, 4.69) is 10.2 Å². The summed E-state index contributed by atoms with van der Waals surface area (Å²) in [5.74, 6) is -0.578. The van der Waals surface area contributed by atoms with E-state index in [0.717, 1.165) is 37.3 Å². The van der Waals surface area contributed by atoms with E-state index in [9.17, 15) is 9.18 Å². The average Bonchev–Trinajstić information content (AvgIpc) is 2.62. The molecule has 1 amide bonds. The van der Waals surface area contributed by atoms with Gasteiger partial charge >= 0.3 is 0 Å². The van der Waals surface area contributed by atoms with Gasteiger partial charge in [-0.05, 0) is 55.7 Å². The van der Waals surface area contributed by atoms with Crippen LogP contribution >= 0.6 is 0 Å². The zero-order chi connectivity index (χ0) is 17.8. The lowest BCUT2D eigenvalue weighted by Crippen LogP contribution is -2.30. The number of carbonyl (C=O) groups is 1. The molecule has 132 valence electrons. The molecule has 1 saturated heterocycles. The second-order valence-corrected chi connectivity index (χ2v) is 6.61. The van der Waals surface area contributed by atoms with Crippen molar-refractivity contribution in [3.63, 3.8) is 0 Å². The zero-order valence-electron chi connectivity index (χ0n) is 14.8. The molecule has 3 rings (SSSR count). The lowest BCUT2D eigenvalue weighted by atomic mass is 10.1. The number of anilines is 3. The van der Waals surface area contributed by atoms with Crippen molar-refractivity contribution in [2.24, 2.45) is 0 Å². The first kappa shape index (κ1) is 17.3. The molecule has 5 heteroatoms. The van der Waals surface area contributed by atoms with Gasteiger partial charge in [0.2, 0.25) is 0 Å². The van der Waals surface area contributed by atoms with Crippen molar-refractivity contribution in [3.8, 4) is 0 Å². The number of piperidine rings is 1. The third-order valence-electron chi connectivity index (χ3n) is 4.53. The molecule has 4 nitrogen and oxygen atoms in total. The van der Waals surface area contributed by atoms with Crippen molar-refractivity contribution in [1.82, 2.24) is 0 Å². The summed E-state index contributed by atoms with van der Waals surface area (Å²) in [6.45, 7) is 1.87. The largest absolute Gasteiger partial charge is 0.378 e. The molecule has 0 radical (unpaired) electrons. The highest BCUT2D eigenvalue weighted by Gasteiger charge is 2.17. The van der Waals surface area contributed by atoms with Gasteiger partial charge in [-0.2, -0.15) is 0 Å². The molecule has 1 aliphatic heterocycles. The maximum Gasteiger partial charge on any atom is 0.255 e. The zero-order valence-corrected chi connectivity index (χ0v) is 14.8. The van der Waals surface area contributed by atoms with Crippen molar-refractivity contribution in [2.75, 3.05) is 42.3 Å². The van der Waals surface area contributed by atoms with Crippen LogP contribution in [0, 0.1) is 5.82 Å². The number of hydrogen-bond acceptors (Lipinski definition) is 3. The van der Waals surface area contributed by atoms with Crippen molar-refractivity contribution in [3.05, 3.63) is 53.8 Å². The monoisotopic (exact) mass is 341 g/mol. The van der Waals surface area contributed by atoms with E-state index >= 15 is 0 Å². The summed E-state index contributed by atoms with van der Waals surface area (Å²) in [6.07, 6.45) is 3.46. The maximum atomic E-state index is 13.8. The number of carbonyl (C=O) groups excluding carboxylic acids is 1. The van der Waals surface area contributed by atoms with Crippen LogP contribution in [0.15, 0.2) is 42.5 Å². The van der Waals surface area contributed by atoms with Crippen LogP contribution < -0.4 is 15.1 Å². The van der Waals surface area contributed by atoms with Crippen LogP contribution in [-0.4, -0.2) is 33.1 Å². The van der Waals surface area contributed by atoms with Crippen molar-refractivity contribution in [1.29, 1.82) is 0 Å². The summed E-state index contributed by atoms with van der Waals surface area (Å²) in [4.78, 5) is 16.8. The Bertz CT molecular complexity index is 754. The lowest BCUT2D eigenvalue weighted by Gasteiger charge is -2.30. The molecule has 0 spiro atoms. The molecule has 2 aromatic carbocycles. The van der Waals surface area contributed by atoms with E-state index in [1.54, 1.807) is 12.1 Å². The van der Waals surface area contributed by atoms with Crippen LogP contribution in [0.25, 0.3) is 0 Å². The fraction of sp³-hybridized carbons (Fsp3) is 0.350. The van der Waals surface area contributed by atoms with Gasteiger partial charge in [0, 0.05) is 38.4 Å². The van der Waals surface area contributed by atoms with E-state index in [0.29, 0.717) is 11.3 Å². The summed E-state index contributed by atoms with van der Waals surface area (Å²) in [5.41, 5.74) is 2.92. The summed E-state index contributed by atoms with van der Waals surface area (Å²) in [7, 11) is 3.86. The number of nitrogens with zero attached hydrogens (tertiary/aromatic N) is 2. The predicted octanol–water partition coefficient (Wildman–Crippen LogP) is 4.13. The normalized spacial score (nSPS) is 14.3. The molecular formula is C20H24FN3O. The second kappa shape index (κ2) is 7.55. The molecule has 1 heterocycles. The molecule has 25 heavy (non-hydrogen) atoms. The van der Waals surface area contributed by atoms with Crippen LogP contribution in [0.3, 0.4) is 0 Å². The Morgan fingerprint density at radius 1 is 1.08 bits per heavy atom. The molecule has 0 saturated carbocycles. The third-order valence-corrected chi connectivity index (χ3v) is 4.53. The summed E-state index contributed by atoms with van der Waals surface area (Å²) >= 11 is 0. The lowest BCUT2D eigenvalue weighted by molar-refractivity contribution is 0.102. The van der Waals surface area contributed by atoms with Gasteiger partial charge in [0.1, 0.15) is 5.82 Å². The van der Waals surface area contributed by atoms with Gasteiger partial charge in [0.05, 0.1) is 11.4 Å². The van der Waals surface area contributed by atoms with Gasteiger partial charge in [-0.3, -0.25) is 4.79 Å². The Morgan fingerprint density at radius 3 is 2.56 bits per heavy atom.